The van der Waals surface area contributed by atoms with Gasteiger partial charge in [-0.2, -0.15) is 0 Å². The Hall–Kier alpha value is -0.930. The van der Waals surface area contributed by atoms with Gasteiger partial charge >= 0.3 is 0 Å². The summed E-state index contributed by atoms with van der Waals surface area (Å²) in [5.41, 5.74) is 0.875. The fourth-order valence-electron chi connectivity index (χ4n) is 6.30. The number of aliphatic hydroxyl groups excluding tert-OH is 2. The Morgan fingerprint density at radius 3 is 2.73 bits per heavy atom. The van der Waals surface area contributed by atoms with Gasteiger partial charge in [0.15, 0.2) is 5.78 Å². The molecule has 0 spiro atoms. The summed E-state index contributed by atoms with van der Waals surface area (Å²) < 4.78 is 0. The molecule has 22 heavy (non-hydrogen) atoms. The number of allylic oxidation sites excluding steroid dienone is 4. The van der Waals surface area contributed by atoms with Crippen molar-refractivity contribution in [1.82, 2.24) is 0 Å². The third-order valence-corrected chi connectivity index (χ3v) is 7.44. The lowest BCUT2D eigenvalue weighted by Crippen LogP contribution is -2.56. The molecule has 0 aromatic carbocycles. The molecule has 0 radical (unpaired) electrons. The molecule has 3 heteroatoms. The van der Waals surface area contributed by atoms with Crippen LogP contribution in [-0.4, -0.2) is 28.2 Å². The lowest BCUT2D eigenvalue weighted by Gasteiger charge is -2.58. The molecule has 0 unspecified atom stereocenters. The van der Waals surface area contributed by atoms with E-state index in [2.05, 4.69) is 13.8 Å². The average molecular weight is 302 g/mol. The maximum absolute atomic E-state index is 11.7. The van der Waals surface area contributed by atoms with E-state index in [9.17, 15) is 15.0 Å². The highest BCUT2D eigenvalue weighted by Crippen LogP contribution is 2.64. The number of fused-ring (bicyclic) bond motifs is 5. The first kappa shape index (κ1) is 14.6. The second-order valence-corrected chi connectivity index (χ2v) is 8.39. The van der Waals surface area contributed by atoms with Crippen LogP contribution in [0.3, 0.4) is 0 Å². The molecule has 3 fully saturated rings. The van der Waals surface area contributed by atoms with Gasteiger partial charge in [0.2, 0.25) is 0 Å². The highest BCUT2D eigenvalue weighted by molar-refractivity contribution is 6.01. The van der Waals surface area contributed by atoms with Crippen LogP contribution in [0.2, 0.25) is 0 Å². The maximum Gasteiger partial charge on any atom is 0.178 e. The Balaban J connectivity index is 1.76. The van der Waals surface area contributed by atoms with Gasteiger partial charge in [-0.05, 0) is 61.5 Å². The Morgan fingerprint density at radius 1 is 1.18 bits per heavy atom. The van der Waals surface area contributed by atoms with E-state index in [1.807, 2.05) is 6.08 Å². The largest absolute Gasteiger partial charge is 0.393 e. The zero-order chi connectivity index (χ0) is 15.7. The van der Waals surface area contributed by atoms with Crippen LogP contribution in [0.25, 0.3) is 0 Å². The summed E-state index contributed by atoms with van der Waals surface area (Å²) in [5, 5.41) is 21.4. The van der Waals surface area contributed by atoms with Crippen molar-refractivity contribution in [1.29, 1.82) is 0 Å². The molecule has 4 aliphatic carbocycles. The number of ketones is 1. The molecular weight excluding hydrogens is 276 g/mol. The molecule has 4 rings (SSSR count). The van der Waals surface area contributed by atoms with Crippen LogP contribution >= 0.6 is 0 Å². The van der Waals surface area contributed by atoms with Crippen molar-refractivity contribution in [3.63, 3.8) is 0 Å². The number of carbonyl (C=O) groups excluding carboxylic acids is 1. The van der Waals surface area contributed by atoms with Crippen molar-refractivity contribution < 1.29 is 15.0 Å². The van der Waals surface area contributed by atoms with Crippen LogP contribution in [0.4, 0.5) is 0 Å². The van der Waals surface area contributed by atoms with Crippen molar-refractivity contribution in [2.24, 2.45) is 28.6 Å². The molecule has 0 aromatic heterocycles. The van der Waals surface area contributed by atoms with Gasteiger partial charge in [-0.1, -0.05) is 25.5 Å². The molecule has 3 nitrogen and oxygen atoms in total. The Kier molecular flexibility index (Phi) is 3.03. The second kappa shape index (κ2) is 4.55. The molecule has 3 saturated carbocycles. The zero-order valence-electron chi connectivity index (χ0n) is 13.5. The van der Waals surface area contributed by atoms with Crippen molar-refractivity contribution >= 4 is 5.78 Å². The van der Waals surface area contributed by atoms with E-state index in [1.54, 1.807) is 12.2 Å². The molecule has 0 bridgehead atoms. The van der Waals surface area contributed by atoms with Crippen molar-refractivity contribution in [3.8, 4) is 0 Å². The predicted octanol–water partition coefficient (Wildman–Crippen LogP) is 2.63. The highest BCUT2D eigenvalue weighted by Gasteiger charge is 2.61. The van der Waals surface area contributed by atoms with E-state index in [1.165, 1.54) is 5.57 Å². The molecule has 120 valence electrons. The van der Waals surface area contributed by atoms with Gasteiger partial charge in [0.1, 0.15) is 0 Å². The van der Waals surface area contributed by atoms with Gasteiger partial charge in [-0.3, -0.25) is 4.79 Å². The third-order valence-electron chi connectivity index (χ3n) is 7.44. The Morgan fingerprint density at radius 2 is 1.95 bits per heavy atom. The van der Waals surface area contributed by atoms with E-state index in [-0.39, 0.29) is 28.6 Å². The molecule has 2 N–H and O–H groups in total. The first-order valence-electron chi connectivity index (χ1n) is 8.66. The van der Waals surface area contributed by atoms with Gasteiger partial charge in [0.25, 0.3) is 0 Å². The summed E-state index contributed by atoms with van der Waals surface area (Å²) in [7, 11) is 0. The van der Waals surface area contributed by atoms with Crippen LogP contribution in [0.1, 0.15) is 46.0 Å². The summed E-state index contributed by atoms with van der Waals surface area (Å²) >= 11 is 0. The zero-order valence-corrected chi connectivity index (χ0v) is 13.5. The first-order chi connectivity index (χ1) is 10.4. The molecule has 0 aromatic rings. The lowest BCUT2D eigenvalue weighted by atomic mass is 9.47. The quantitative estimate of drug-likeness (QED) is 0.723. The van der Waals surface area contributed by atoms with Gasteiger partial charge in [0.05, 0.1) is 12.2 Å². The van der Waals surface area contributed by atoms with Crippen LogP contribution in [0.5, 0.6) is 0 Å². The minimum Gasteiger partial charge on any atom is -0.393 e. The Labute approximate surface area is 132 Å². The van der Waals surface area contributed by atoms with E-state index in [4.69, 9.17) is 0 Å². The second-order valence-electron chi connectivity index (χ2n) is 8.39. The van der Waals surface area contributed by atoms with E-state index in [0.29, 0.717) is 18.3 Å². The summed E-state index contributed by atoms with van der Waals surface area (Å²) in [5.74, 6) is 1.21. The van der Waals surface area contributed by atoms with Gasteiger partial charge in [0, 0.05) is 11.3 Å². The smallest absolute Gasteiger partial charge is 0.178 e. The number of hydrogen-bond acceptors (Lipinski definition) is 3. The number of hydrogen-bond donors (Lipinski definition) is 2. The molecular formula is C19H26O3. The summed E-state index contributed by atoms with van der Waals surface area (Å²) in [6, 6.07) is 0. The van der Waals surface area contributed by atoms with Crippen molar-refractivity contribution in [2.75, 3.05) is 0 Å². The SMILES string of the molecule is C[C@]12C[C@@H](O)[C@H]3[C@@H](CCC4=CC(=O)C=C[C@@]43C)[C@@H]1CC[C@H]2O. The Bertz CT molecular complexity index is 577. The summed E-state index contributed by atoms with van der Waals surface area (Å²) in [6.45, 7) is 4.36. The fourth-order valence-corrected chi connectivity index (χ4v) is 6.30. The van der Waals surface area contributed by atoms with Crippen molar-refractivity contribution in [2.45, 2.75) is 58.2 Å². The molecule has 0 heterocycles. The number of rotatable bonds is 0. The first-order valence-corrected chi connectivity index (χ1v) is 8.66. The summed E-state index contributed by atoms with van der Waals surface area (Å²) in [6.07, 6.45) is 9.44. The van der Waals surface area contributed by atoms with Gasteiger partial charge in [-0.15, -0.1) is 0 Å². The maximum atomic E-state index is 11.7. The standard InChI is InChI=1S/C19H26O3/c1-18-8-7-12(20)9-11(18)3-4-13-14-5-6-16(22)19(14,2)10-15(21)17(13)18/h7-9,13-17,21-22H,3-6,10H2,1-2H3/t13-,14-,15+,16+,17+,18-,19-/m0/s1. The molecule has 4 aliphatic rings. The topological polar surface area (TPSA) is 57.5 Å². The van der Waals surface area contributed by atoms with Gasteiger partial charge < -0.3 is 10.2 Å². The molecule has 0 amide bonds. The normalized spacial score (nSPS) is 53.5. The third kappa shape index (κ3) is 1.73. The monoisotopic (exact) mass is 302 g/mol. The predicted molar refractivity (Wildman–Crippen MR) is 84.0 cm³/mol. The molecule has 7 atom stereocenters. The molecule has 0 aliphatic heterocycles. The number of aliphatic hydroxyl groups is 2. The van der Waals surface area contributed by atoms with Crippen LogP contribution in [0.15, 0.2) is 23.8 Å². The fraction of sp³-hybridized carbons (Fsp3) is 0.737. The highest BCUT2D eigenvalue weighted by atomic mass is 16.3. The van der Waals surface area contributed by atoms with Crippen molar-refractivity contribution in [3.05, 3.63) is 23.8 Å². The summed E-state index contributed by atoms with van der Waals surface area (Å²) in [4.78, 5) is 11.7. The van der Waals surface area contributed by atoms with E-state index in [0.717, 1.165) is 25.7 Å². The van der Waals surface area contributed by atoms with Crippen LogP contribution < -0.4 is 0 Å². The van der Waals surface area contributed by atoms with Crippen LogP contribution in [-0.2, 0) is 4.79 Å². The average Bonchev–Trinajstić information content (AvgIpc) is 2.75. The molecule has 0 saturated heterocycles. The van der Waals surface area contributed by atoms with Crippen LogP contribution in [0, 0.1) is 28.6 Å². The lowest BCUT2D eigenvalue weighted by molar-refractivity contribution is -0.129. The number of carbonyl (C=O) groups is 1. The minimum atomic E-state index is -0.398. The van der Waals surface area contributed by atoms with E-state index >= 15 is 0 Å². The minimum absolute atomic E-state index is 0.0809. The van der Waals surface area contributed by atoms with E-state index < -0.39 is 6.10 Å². The van der Waals surface area contributed by atoms with Gasteiger partial charge in [-0.25, -0.2) is 0 Å².